The molecule has 1 saturated heterocycles. The monoisotopic (exact) mass is 212 g/mol. The van der Waals surface area contributed by atoms with Gasteiger partial charge in [-0.15, -0.1) is 0 Å². The minimum atomic E-state index is 0.883. The van der Waals surface area contributed by atoms with E-state index in [0.29, 0.717) is 0 Å². The van der Waals surface area contributed by atoms with Crippen LogP contribution in [0.5, 0.6) is 0 Å². The van der Waals surface area contributed by atoms with Crippen molar-refractivity contribution in [2.75, 3.05) is 26.2 Å². The van der Waals surface area contributed by atoms with Gasteiger partial charge in [-0.1, -0.05) is 33.1 Å². The summed E-state index contributed by atoms with van der Waals surface area (Å²) in [5, 5.41) is 7.07. The summed E-state index contributed by atoms with van der Waals surface area (Å²) in [5.41, 5.74) is 0. The van der Waals surface area contributed by atoms with E-state index in [9.17, 15) is 0 Å². The Hall–Kier alpha value is -0.0800. The molecule has 2 nitrogen and oxygen atoms in total. The number of hydrogen-bond donors (Lipinski definition) is 2. The van der Waals surface area contributed by atoms with Gasteiger partial charge < -0.3 is 10.6 Å². The quantitative estimate of drug-likeness (QED) is 0.645. The zero-order chi connectivity index (χ0) is 10.9. The molecule has 2 atom stereocenters. The minimum Gasteiger partial charge on any atom is -0.316 e. The van der Waals surface area contributed by atoms with E-state index in [1.165, 1.54) is 58.3 Å². The lowest BCUT2D eigenvalue weighted by atomic mass is 9.99. The lowest BCUT2D eigenvalue weighted by Crippen LogP contribution is -2.29. The lowest BCUT2D eigenvalue weighted by Gasteiger charge is -2.17. The molecular formula is C13H28N2. The Morgan fingerprint density at radius 2 is 2.27 bits per heavy atom. The molecule has 0 aromatic rings. The Morgan fingerprint density at radius 1 is 1.40 bits per heavy atom. The molecule has 90 valence electrons. The summed E-state index contributed by atoms with van der Waals surface area (Å²) in [5.74, 6) is 1.79. The maximum Gasteiger partial charge on any atom is -0.000779 e. The lowest BCUT2D eigenvalue weighted by molar-refractivity contribution is 0.399. The molecule has 15 heavy (non-hydrogen) atoms. The largest absolute Gasteiger partial charge is 0.316 e. The molecule has 2 unspecified atom stereocenters. The SMILES string of the molecule is CCCCC(CC)CNCC1CCNC1. The average molecular weight is 212 g/mol. The van der Waals surface area contributed by atoms with Crippen LogP contribution in [-0.4, -0.2) is 26.2 Å². The predicted molar refractivity (Wildman–Crippen MR) is 67.2 cm³/mol. The molecule has 0 aromatic carbocycles. The van der Waals surface area contributed by atoms with Crippen LogP contribution in [0, 0.1) is 11.8 Å². The van der Waals surface area contributed by atoms with E-state index < -0.39 is 0 Å². The first kappa shape index (κ1) is 13.0. The fourth-order valence-electron chi connectivity index (χ4n) is 2.32. The van der Waals surface area contributed by atoms with Crippen LogP contribution in [-0.2, 0) is 0 Å². The summed E-state index contributed by atoms with van der Waals surface area (Å²) in [4.78, 5) is 0. The summed E-state index contributed by atoms with van der Waals surface area (Å²) in [6, 6.07) is 0. The van der Waals surface area contributed by atoms with Gasteiger partial charge in [-0.05, 0) is 50.9 Å². The molecule has 0 spiro atoms. The Kier molecular flexibility index (Phi) is 7.03. The van der Waals surface area contributed by atoms with Crippen LogP contribution in [0.3, 0.4) is 0 Å². The molecule has 1 fully saturated rings. The Bertz CT molecular complexity index is 141. The fraction of sp³-hybridized carbons (Fsp3) is 1.00. The van der Waals surface area contributed by atoms with Crippen LogP contribution >= 0.6 is 0 Å². The van der Waals surface area contributed by atoms with Crippen molar-refractivity contribution in [2.45, 2.75) is 46.0 Å². The van der Waals surface area contributed by atoms with E-state index in [0.717, 1.165) is 11.8 Å². The van der Waals surface area contributed by atoms with Crippen LogP contribution in [0.25, 0.3) is 0 Å². The molecule has 1 aliphatic heterocycles. The van der Waals surface area contributed by atoms with E-state index in [-0.39, 0.29) is 0 Å². The van der Waals surface area contributed by atoms with Crippen molar-refractivity contribution in [1.29, 1.82) is 0 Å². The van der Waals surface area contributed by atoms with Gasteiger partial charge in [0.05, 0.1) is 0 Å². The van der Waals surface area contributed by atoms with Crippen LogP contribution < -0.4 is 10.6 Å². The third-order valence-corrected chi connectivity index (χ3v) is 3.57. The standard InChI is InChI=1S/C13H28N2/c1-3-5-6-12(4-2)9-15-11-13-7-8-14-10-13/h12-15H,3-11H2,1-2H3. The van der Waals surface area contributed by atoms with Crippen LogP contribution in [0.1, 0.15) is 46.0 Å². The average Bonchev–Trinajstić information content (AvgIpc) is 2.76. The molecule has 0 radical (unpaired) electrons. The second-order valence-corrected chi connectivity index (χ2v) is 4.93. The van der Waals surface area contributed by atoms with Gasteiger partial charge in [-0.25, -0.2) is 0 Å². The maximum absolute atomic E-state index is 3.65. The number of hydrogen-bond acceptors (Lipinski definition) is 2. The summed E-state index contributed by atoms with van der Waals surface area (Å²) in [7, 11) is 0. The molecule has 0 amide bonds. The topological polar surface area (TPSA) is 24.1 Å². The Morgan fingerprint density at radius 3 is 2.87 bits per heavy atom. The van der Waals surface area contributed by atoms with Gasteiger partial charge in [-0.2, -0.15) is 0 Å². The van der Waals surface area contributed by atoms with Gasteiger partial charge in [0.25, 0.3) is 0 Å². The Labute approximate surface area is 95.2 Å². The fourth-order valence-corrected chi connectivity index (χ4v) is 2.32. The number of nitrogens with one attached hydrogen (secondary N) is 2. The molecular weight excluding hydrogens is 184 g/mol. The van der Waals surface area contributed by atoms with Crippen LogP contribution in [0.4, 0.5) is 0 Å². The highest BCUT2D eigenvalue weighted by Gasteiger charge is 2.14. The van der Waals surface area contributed by atoms with Gasteiger partial charge in [0.1, 0.15) is 0 Å². The molecule has 0 bridgehead atoms. The zero-order valence-corrected chi connectivity index (χ0v) is 10.5. The van der Waals surface area contributed by atoms with Gasteiger partial charge in [0.2, 0.25) is 0 Å². The van der Waals surface area contributed by atoms with Crippen LogP contribution in [0.15, 0.2) is 0 Å². The van der Waals surface area contributed by atoms with Crippen molar-refractivity contribution in [3.05, 3.63) is 0 Å². The van der Waals surface area contributed by atoms with Gasteiger partial charge in [-0.3, -0.25) is 0 Å². The minimum absolute atomic E-state index is 0.883. The third kappa shape index (κ3) is 5.53. The van der Waals surface area contributed by atoms with Gasteiger partial charge >= 0.3 is 0 Å². The maximum atomic E-state index is 3.65. The van der Waals surface area contributed by atoms with E-state index in [4.69, 9.17) is 0 Å². The van der Waals surface area contributed by atoms with Crippen molar-refractivity contribution in [3.63, 3.8) is 0 Å². The second-order valence-electron chi connectivity index (χ2n) is 4.93. The van der Waals surface area contributed by atoms with Gasteiger partial charge in [0, 0.05) is 0 Å². The van der Waals surface area contributed by atoms with Crippen molar-refractivity contribution in [2.24, 2.45) is 11.8 Å². The highest BCUT2D eigenvalue weighted by Crippen LogP contribution is 2.12. The molecule has 1 aliphatic rings. The molecule has 2 N–H and O–H groups in total. The highest BCUT2D eigenvalue weighted by molar-refractivity contribution is 4.73. The summed E-state index contributed by atoms with van der Waals surface area (Å²) < 4.78 is 0. The number of rotatable bonds is 8. The van der Waals surface area contributed by atoms with E-state index in [1.54, 1.807) is 0 Å². The van der Waals surface area contributed by atoms with Crippen molar-refractivity contribution >= 4 is 0 Å². The Balaban J connectivity index is 2.00. The van der Waals surface area contributed by atoms with E-state index in [2.05, 4.69) is 24.5 Å². The van der Waals surface area contributed by atoms with E-state index >= 15 is 0 Å². The van der Waals surface area contributed by atoms with E-state index in [1.807, 2.05) is 0 Å². The third-order valence-electron chi connectivity index (χ3n) is 3.57. The molecule has 0 saturated carbocycles. The first-order chi connectivity index (χ1) is 7.36. The molecule has 1 rings (SSSR count). The molecule has 2 heteroatoms. The predicted octanol–water partition coefficient (Wildman–Crippen LogP) is 2.40. The molecule has 0 aromatic heterocycles. The summed E-state index contributed by atoms with van der Waals surface area (Å²) in [6.45, 7) is 9.49. The zero-order valence-electron chi connectivity index (χ0n) is 10.5. The van der Waals surface area contributed by atoms with Crippen molar-refractivity contribution in [1.82, 2.24) is 10.6 Å². The van der Waals surface area contributed by atoms with Gasteiger partial charge in [0.15, 0.2) is 0 Å². The first-order valence-electron chi connectivity index (χ1n) is 6.78. The molecule has 0 aliphatic carbocycles. The van der Waals surface area contributed by atoms with Crippen LogP contribution in [0.2, 0.25) is 0 Å². The smallest absolute Gasteiger partial charge is 0.000779 e. The number of unbranched alkanes of at least 4 members (excludes halogenated alkanes) is 1. The van der Waals surface area contributed by atoms with Crippen molar-refractivity contribution < 1.29 is 0 Å². The highest BCUT2D eigenvalue weighted by atomic mass is 14.9. The normalized spacial score (nSPS) is 23.2. The first-order valence-corrected chi connectivity index (χ1v) is 6.78. The second kappa shape index (κ2) is 8.12. The molecule has 1 heterocycles. The van der Waals surface area contributed by atoms with Crippen molar-refractivity contribution in [3.8, 4) is 0 Å². The summed E-state index contributed by atoms with van der Waals surface area (Å²) in [6.07, 6.45) is 6.83. The summed E-state index contributed by atoms with van der Waals surface area (Å²) >= 11 is 0.